The largest absolute Gasteiger partial charge is 0.418 e. The maximum Gasteiger partial charge on any atom is 0.418 e. The topological polar surface area (TPSA) is 80.6 Å². The number of hydrogen-bond donors (Lipinski definition) is 1. The van der Waals surface area contributed by atoms with Crippen LogP contribution in [0, 0.1) is 5.92 Å². The van der Waals surface area contributed by atoms with E-state index in [-0.39, 0.29) is 5.52 Å². The second-order valence-electron chi connectivity index (χ2n) is 12.0. The molecule has 1 aliphatic heterocycles. The Morgan fingerprint density at radius 2 is 1.95 bits per heavy atom. The Balaban J connectivity index is 1.44. The molecule has 11 heteroatoms. The van der Waals surface area contributed by atoms with Gasteiger partial charge in [0.05, 0.1) is 27.8 Å². The molecule has 4 heterocycles. The molecule has 0 unspecified atom stereocenters. The van der Waals surface area contributed by atoms with Crippen LogP contribution in [0.2, 0.25) is 0 Å². The van der Waals surface area contributed by atoms with E-state index in [1.54, 1.807) is 36.0 Å². The van der Waals surface area contributed by atoms with E-state index >= 15 is 0 Å². The van der Waals surface area contributed by atoms with E-state index < -0.39 is 28.4 Å². The van der Waals surface area contributed by atoms with Crippen LogP contribution in [0.1, 0.15) is 62.0 Å². The third kappa shape index (κ3) is 4.54. The third-order valence-electron chi connectivity index (χ3n) is 8.46. The highest BCUT2D eigenvalue weighted by Crippen LogP contribution is 2.53. The van der Waals surface area contributed by atoms with Gasteiger partial charge in [-0.25, -0.2) is 4.79 Å². The summed E-state index contributed by atoms with van der Waals surface area (Å²) in [5, 5.41) is 19.0. The number of imidazole rings is 1. The molecule has 4 aromatic rings. The summed E-state index contributed by atoms with van der Waals surface area (Å²) in [6.07, 6.45) is 2.70. The Morgan fingerprint density at radius 3 is 2.60 bits per heavy atom. The Morgan fingerprint density at radius 1 is 1.18 bits per heavy atom. The Labute approximate surface area is 229 Å². The molecule has 1 aromatic carbocycles. The van der Waals surface area contributed by atoms with Gasteiger partial charge < -0.3 is 9.67 Å². The number of aromatic nitrogens is 5. The van der Waals surface area contributed by atoms with Crippen molar-refractivity contribution >= 4 is 5.52 Å². The molecule has 1 saturated heterocycles. The van der Waals surface area contributed by atoms with Crippen LogP contribution in [0.15, 0.2) is 53.8 Å². The highest BCUT2D eigenvalue weighted by molar-refractivity contribution is 5.58. The monoisotopic (exact) mass is 554 g/mol. The van der Waals surface area contributed by atoms with Crippen molar-refractivity contribution in [2.75, 3.05) is 13.1 Å². The number of likely N-dealkylation sites (tertiary alicyclic amines) is 1. The van der Waals surface area contributed by atoms with Crippen molar-refractivity contribution in [1.29, 1.82) is 0 Å². The summed E-state index contributed by atoms with van der Waals surface area (Å²) in [5.74, 6) is 1.17. The van der Waals surface area contributed by atoms with Crippen LogP contribution in [0.25, 0.3) is 11.2 Å². The van der Waals surface area contributed by atoms with E-state index in [4.69, 9.17) is 0 Å². The standard InChI is InChI=1S/C29H33F3N6O2/c1-19-6-5-9-36(12-19)13-20-10-23(29(30,31)32)24-15-37(26(39)38(24)14-20)22-8-4-7-21(11-22)28(16-27(2,40)17-28)25-34-33-18-35(25)3/h4,7-8,10-11,14-15,18-19,40H,5-6,9,12-13,16-17H2,1-3H3/t19-,27?,28?/m0/s1. The number of fused-ring (bicyclic) bond motifs is 1. The Hall–Kier alpha value is -3.44. The zero-order chi connectivity index (χ0) is 28.4. The first-order valence-electron chi connectivity index (χ1n) is 13.6. The van der Waals surface area contributed by atoms with Crippen LogP contribution in [0.4, 0.5) is 13.2 Å². The summed E-state index contributed by atoms with van der Waals surface area (Å²) in [5.41, 5.74) is -1.40. The molecule has 0 amide bonds. The van der Waals surface area contributed by atoms with Gasteiger partial charge in [0.25, 0.3) is 0 Å². The van der Waals surface area contributed by atoms with Gasteiger partial charge in [0.1, 0.15) is 12.2 Å². The van der Waals surface area contributed by atoms with Gasteiger partial charge in [-0.15, -0.1) is 10.2 Å². The number of rotatable bonds is 5. The molecule has 8 nitrogen and oxygen atoms in total. The first-order chi connectivity index (χ1) is 18.9. The number of aryl methyl sites for hydroxylation is 1. The molecular formula is C29H33F3N6O2. The fourth-order valence-corrected chi connectivity index (χ4v) is 6.84. The number of halogens is 3. The van der Waals surface area contributed by atoms with Gasteiger partial charge >= 0.3 is 11.9 Å². The first kappa shape index (κ1) is 26.8. The van der Waals surface area contributed by atoms with Gasteiger partial charge in [-0.2, -0.15) is 13.2 Å². The Kier molecular flexibility index (Phi) is 6.23. The molecule has 0 radical (unpaired) electrons. The Bertz CT molecular complexity index is 1620. The van der Waals surface area contributed by atoms with Crippen molar-refractivity contribution in [2.24, 2.45) is 13.0 Å². The van der Waals surface area contributed by atoms with Gasteiger partial charge in [-0.3, -0.25) is 13.9 Å². The van der Waals surface area contributed by atoms with Crippen molar-refractivity contribution in [3.8, 4) is 5.69 Å². The summed E-state index contributed by atoms with van der Waals surface area (Å²) >= 11 is 0. The van der Waals surface area contributed by atoms with Gasteiger partial charge in [0.2, 0.25) is 0 Å². The highest BCUT2D eigenvalue weighted by Gasteiger charge is 2.55. The lowest BCUT2D eigenvalue weighted by atomic mass is 9.56. The van der Waals surface area contributed by atoms with Crippen LogP contribution in [0.3, 0.4) is 0 Å². The van der Waals surface area contributed by atoms with Crippen LogP contribution in [-0.4, -0.2) is 52.4 Å². The summed E-state index contributed by atoms with van der Waals surface area (Å²) < 4.78 is 46.9. The van der Waals surface area contributed by atoms with Gasteiger partial charge in [0.15, 0.2) is 0 Å². The predicted octanol–water partition coefficient (Wildman–Crippen LogP) is 4.30. The fraction of sp³-hybridized carbons (Fsp3) is 0.483. The van der Waals surface area contributed by atoms with Gasteiger partial charge in [0, 0.05) is 32.5 Å². The molecule has 0 bridgehead atoms. The normalized spacial score (nSPS) is 25.8. The van der Waals surface area contributed by atoms with Crippen molar-refractivity contribution in [2.45, 2.75) is 63.3 Å². The zero-order valence-corrected chi connectivity index (χ0v) is 22.8. The van der Waals surface area contributed by atoms with E-state index in [1.165, 1.54) is 23.0 Å². The maximum absolute atomic E-state index is 14.2. The molecule has 1 saturated carbocycles. The number of aliphatic hydroxyl groups is 1. The number of alkyl halides is 3. The molecule has 2 fully saturated rings. The second kappa shape index (κ2) is 9.31. The minimum absolute atomic E-state index is 0.187. The minimum Gasteiger partial charge on any atom is -0.390 e. The molecule has 1 N–H and O–H groups in total. The first-order valence-corrected chi connectivity index (χ1v) is 13.6. The van der Waals surface area contributed by atoms with Crippen molar-refractivity contribution < 1.29 is 18.3 Å². The molecule has 2 aliphatic rings. The smallest absolute Gasteiger partial charge is 0.390 e. The van der Waals surface area contributed by atoms with Crippen LogP contribution < -0.4 is 5.69 Å². The van der Waals surface area contributed by atoms with E-state index in [9.17, 15) is 23.1 Å². The molecule has 1 aliphatic carbocycles. The minimum atomic E-state index is -4.62. The molecule has 6 rings (SSSR count). The van der Waals surface area contributed by atoms with Crippen LogP contribution in [-0.2, 0) is 25.2 Å². The van der Waals surface area contributed by atoms with E-state index in [0.29, 0.717) is 42.4 Å². The van der Waals surface area contributed by atoms with Crippen LogP contribution >= 0.6 is 0 Å². The van der Waals surface area contributed by atoms with Crippen molar-refractivity contribution in [1.82, 2.24) is 28.6 Å². The highest BCUT2D eigenvalue weighted by atomic mass is 19.4. The summed E-state index contributed by atoms with van der Waals surface area (Å²) in [6, 6.07) is 8.35. The maximum atomic E-state index is 14.2. The predicted molar refractivity (Wildman–Crippen MR) is 143 cm³/mol. The van der Waals surface area contributed by atoms with E-state index in [2.05, 4.69) is 22.0 Å². The van der Waals surface area contributed by atoms with Gasteiger partial charge in [-0.05, 0) is 74.4 Å². The summed E-state index contributed by atoms with van der Waals surface area (Å²) in [6.45, 7) is 5.91. The summed E-state index contributed by atoms with van der Waals surface area (Å²) in [4.78, 5) is 15.8. The second-order valence-corrected chi connectivity index (χ2v) is 12.0. The molecule has 212 valence electrons. The molecular weight excluding hydrogens is 521 g/mol. The SMILES string of the molecule is C[C@H]1CCCN(Cc2cc(C(F)(F)F)c3cn(-c4cccc(C5(c6nncn6C)CC(C)(O)C5)c4)c(=O)n3c2)C1. The van der Waals surface area contributed by atoms with Crippen molar-refractivity contribution in [3.63, 3.8) is 0 Å². The lowest BCUT2D eigenvalue weighted by molar-refractivity contribution is -0.136. The number of pyridine rings is 1. The van der Waals surface area contributed by atoms with E-state index in [1.807, 2.05) is 13.1 Å². The number of benzene rings is 1. The fourth-order valence-electron chi connectivity index (χ4n) is 6.84. The summed E-state index contributed by atoms with van der Waals surface area (Å²) in [7, 11) is 1.83. The lowest BCUT2D eigenvalue weighted by Crippen LogP contribution is -2.54. The van der Waals surface area contributed by atoms with Crippen LogP contribution in [0.5, 0.6) is 0 Å². The third-order valence-corrected chi connectivity index (χ3v) is 8.46. The average Bonchev–Trinajstić information content (AvgIpc) is 3.44. The zero-order valence-electron chi connectivity index (χ0n) is 22.8. The average molecular weight is 555 g/mol. The number of piperidine rings is 1. The number of hydrogen-bond acceptors (Lipinski definition) is 5. The molecule has 1 atom stereocenters. The van der Waals surface area contributed by atoms with Gasteiger partial charge in [-0.1, -0.05) is 19.1 Å². The van der Waals surface area contributed by atoms with Crippen molar-refractivity contribution in [3.05, 3.63) is 82.1 Å². The number of nitrogens with zero attached hydrogens (tertiary/aromatic N) is 6. The molecule has 3 aromatic heterocycles. The lowest BCUT2D eigenvalue weighted by Gasteiger charge is -2.51. The van der Waals surface area contributed by atoms with E-state index in [0.717, 1.165) is 35.9 Å². The molecule has 40 heavy (non-hydrogen) atoms. The molecule has 0 spiro atoms. The quantitative estimate of drug-likeness (QED) is 0.398.